The van der Waals surface area contributed by atoms with E-state index >= 15 is 0 Å². The fourth-order valence-corrected chi connectivity index (χ4v) is 3.75. The molecule has 4 heteroatoms. The highest BCUT2D eigenvalue weighted by Crippen LogP contribution is 2.52. The monoisotopic (exact) mass is 263 g/mol. The topological polar surface area (TPSA) is 39.1 Å². The molecular formula is C15H25N3O. The summed E-state index contributed by atoms with van der Waals surface area (Å²) in [6.07, 6.45) is 8.04. The molecule has 1 saturated carbocycles. The molecule has 0 amide bonds. The van der Waals surface area contributed by atoms with Crippen LogP contribution in [0.5, 0.6) is 0 Å². The minimum Gasteiger partial charge on any atom is -0.381 e. The van der Waals surface area contributed by atoms with E-state index in [9.17, 15) is 0 Å². The van der Waals surface area contributed by atoms with E-state index in [1.54, 1.807) is 0 Å². The van der Waals surface area contributed by atoms with Crippen molar-refractivity contribution in [2.45, 2.75) is 51.2 Å². The molecule has 2 fully saturated rings. The van der Waals surface area contributed by atoms with Gasteiger partial charge < -0.3 is 14.6 Å². The molecule has 19 heavy (non-hydrogen) atoms. The summed E-state index contributed by atoms with van der Waals surface area (Å²) in [6, 6.07) is 0.532. The predicted octanol–water partition coefficient (Wildman–Crippen LogP) is 2.34. The lowest BCUT2D eigenvalue weighted by atomic mass is 9.64. The molecule has 2 unspecified atom stereocenters. The fraction of sp³-hybridized carbons (Fsp3) is 0.800. The number of hydrogen-bond donors (Lipinski definition) is 1. The van der Waals surface area contributed by atoms with E-state index in [2.05, 4.69) is 34.9 Å². The van der Waals surface area contributed by atoms with E-state index in [1.807, 2.05) is 13.4 Å². The average molecular weight is 263 g/mol. The molecule has 0 bridgehead atoms. The van der Waals surface area contributed by atoms with Crippen LogP contribution in [0.2, 0.25) is 0 Å². The third-order valence-corrected chi connectivity index (χ3v) is 5.20. The fourth-order valence-electron chi connectivity index (χ4n) is 3.75. The van der Waals surface area contributed by atoms with Crippen molar-refractivity contribution in [2.24, 2.45) is 5.41 Å². The van der Waals surface area contributed by atoms with Gasteiger partial charge in [0.05, 0.1) is 12.4 Å². The molecule has 106 valence electrons. The van der Waals surface area contributed by atoms with Crippen molar-refractivity contribution in [3.05, 3.63) is 18.2 Å². The third-order valence-electron chi connectivity index (χ3n) is 5.20. The molecule has 0 radical (unpaired) electrons. The zero-order valence-corrected chi connectivity index (χ0v) is 12.2. The number of imidazole rings is 1. The first-order chi connectivity index (χ1) is 9.14. The summed E-state index contributed by atoms with van der Waals surface area (Å²) >= 11 is 0. The number of methoxy groups -OCH3 is 1. The van der Waals surface area contributed by atoms with E-state index in [0.29, 0.717) is 18.1 Å². The van der Waals surface area contributed by atoms with Gasteiger partial charge in [0, 0.05) is 36.4 Å². The first-order valence-electron chi connectivity index (χ1n) is 7.40. The van der Waals surface area contributed by atoms with Gasteiger partial charge in [-0.05, 0) is 32.4 Å². The standard InChI is InChI=1S/C15H25N3O/c1-15(2)13(8-14(15)19-3)18-10-17-9-12(18)11-4-6-16-7-5-11/h9-11,13-14,16H,4-8H2,1-3H3. The lowest BCUT2D eigenvalue weighted by Gasteiger charge is -2.52. The summed E-state index contributed by atoms with van der Waals surface area (Å²) in [7, 11) is 1.82. The van der Waals surface area contributed by atoms with Crippen LogP contribution in [0.25, 0.3) is 0 Å². The Hall–Kier alpha value is -0.870. The van der Waals surface area contributed by atoms with Gasteiger partial charge in [-0.25, -0.2) is 4.98 Å². The molecule has 1 aliphatic carbocycles. The van der Waals surface area contributed by atoms with Crippen LogP contribution in [0, 0.1) is 5.41 Å². The van der Waals surface area contributed by atoms with Crippen molar-refractivity contribution in [1.29, 1.82) is 0 Å². The quantitative estimate of drug-likeness (QED) is 0.909. The molecule has 4 nitrogen and oxygen atoms in total. The van der Waals surface area contributed by atoms with Gasteiger partial charge in [0.1, 0.15) is 0 Å². The number of hydrogen-bond acceptors (Lipinski definition) is 3. The molecule has 1 aromatic heterocycles. The molecule has 2 aliphatic rings. The highest BCUT2D eigenvalue weighted by molar-refractivity contribution is 5.14. The second-order valence-corrected chi connectivity index (χ2v) is 6.55. The minimum atomic E-state index is 0.205. The summed E-state index contributed by atoms with van der Waals surface area (Å²) in [4.78, 5) is 4.42. The highest BCUT2D eigenvalue weighted by atomic mass is 16.5. The van der Waals surface area contributed by atoms with Crippen LogP contribution in [0.4, 0.5) is 0 Å². The van der Waals surface area contributed by atoms with Crippen LogP contribution in [-0.4, -0.2) is 35.9 Å². The van der Waals surface area contributed by atoms with Gasteiger partial charge in [-0.15, -0.1) is 0 Å². The molecule has 0 spiro atoms. The lowest BCUT2D eigenvalue weighted by Crippen LogP contribution is -2.51. The van der Waals surface area contributed by atoms with Crippen molar-refractivity contribution in [3.8, 4) is 0 Å². The van der Waals surface area contributed by atoms with Crippen LogP contribution in [-0.2, 0) is 4.74 Å². The third kappa shape index (κ3) is 2.11. The molecule has 3 rings (SSSR count). The lowest BCUT2D eigenvalue weighted by molar-refractivity contribution is -0.113. The molecule has 2 heterocycles. The summed E-state index contributed by atoms with van der Waals surface area (Å²) in [5.74, 6) is 0.668. The van der Waals surface area contributed by atoms with Crippen LogP contribution in [0.3, 0.4) is 0 Å². The maximum Gasteiger partial charge on any atom is 0.0951 e. The molecule has 0 aromatic carbocycles. The summed E-state index contributed by atoms with van der Waals surface area (Å²) in [6.45, 7) is 6.87. The first kappa shape index (κ1) is 13.1. The second kappa shape index (κ2) is 4.91. The Labute approximate surface area is 115 Å². The minimum absolute atomic E-state index is 0.205. The van der Waals surface area contributed by atoms with E-state index in [0.717, 1.165) is 19.5 Å². The van der Waals surface area contributed by atoms with Crippen molar-refractivity contribution >= 4 is 0 Å². The van der Waals surface area contributed by atoms with Crippen molar-refractivity contribution < 1.29 is 4.74 Å². The zero-order chi connectivity index (χ0) is 13.5. The largest absolute Gasteiger partial charge is 0.381 e. The highest BCUT2D eigenvalue weighted by Gasteiger charge is 2.50. The van der Waals surface area contributed by atoms with Gasteiger partial charge in [0.15, 0.2) is 0 Å². The smallest absolute Gasteiger partial charge is 0.0951 e. The van der Waals surface area contributed by atoms with E-state index in [4.69, 9.17) is 4.74 Å². The maximum atomic E-state index is 5.57. The number of nitrogens with one attached hydrogen (secondary N) is 1. The molecule has 1 N–H and O–H groups in total. The van der Waals surface area contributed by atoms with Crippen LogP contribution in [0.15, 0.2) is 12.5 Å². The van der Waals surface area contributed by atoms with Gasteiger partial charge in [-0.2, -0.15) is 0 Å². The zero-order valence-electron chi connectivity index (χ0n) is 12.2. The van der Waals surface area contributed by atoms with Crippen molar-refractivity contribution in [2.75, 3.05) is 20.2 Å². The van der Waals surface area contributed by atoms with Gasteiger partial charge >= 0.3 is 0 Å². The summed E-state index contributed by atoms with van der Waals surface area (Å²) in [5, 5.41) is 3.44. The average Bonchev–Trinajstić information content (AvgIpc) is 2.88. The molecule has 2 atom stereocenters. The molecule has 1 aromatic rings. The van der Waals surface area contributed by atoms with Crippen molar-refractivity contribution in [3.63, 3.8) is 0 Å². The van der Waals surface area contributed by atoms with Gasteiger partial charge in [0.2, 0.25) is 0 Å². The van der Waals surface area contributed by atoms with Gasteiger partial charge in [-0.3, -0.25) is 0 Å². The van der Waals surface area contributed by atoms with Crippen LogP contribution >= 0.6 is 0 Å². The van der Waals surface area contributed by atoms with E-state index < -0.39 is 0 Å². The second-order valence-electron chi connectivity index (χ2n) is 6.55. The SMILES string of the molecule is COC1CC(n2cncc2C2CCNCC2)C1(C)C. The Kier molecular flexibility index (Phi) is 3.39. The maximum absolute atomic E-state index is 5.57. The normalized spacial score (nSPS) is 31.1. The Morgan fingerprint density at radius 2 is 2.11 bits per heavy atom. The number of rotatable bonds is 3. The Morgan fingerprint density at radius 3 is 2.74 bits per heavy atom. The van der Waals surface area contributed by atoms with Gasteiger partial charge in [0.25, 0.3) is 0 Å². The number of ether oxygens (including phenoxy) is 1. The molecule has 1 aliphatic heterocycles. The molecular weight excluding hydrogens is 238 g/mol. The van der Waals surface area contributed by atoms with Crippen LogP contribution in [0.1, 0.15) is 50.8 Å². The summed E-state index contributed by atoms with van der Waals surface area (Å²) in [5.41, 5.74) is 1.63. The van der Waals surface area contributed by atoms with Crippen LogP contribution < -0.4 is 5.32 Å². The first-order valence-corrected chi connectivity index (χ1v) is 7.40. The summed E-state index contributed by atoms with van der Waals surface area (Å²) < 4.78 is 7.99. The number of aromatic nitrogens is 2. The number of nitrogens with zero attached hydrogens (tertiary/aromatic N) is 2. The predicted molar refractivity (Wildman–Crippen MR) is 75.3 cm³/mol. The van der Waals surface area contributed by atoms with Gasteiger partial charge in [-0.1, -0.05) is 13.8 Å². The van der Waals surface area contributed by atoms with E-state index in [1.165, 1.54) is 18.5 Å². The Bertz CT molecular complexity index is 434. The molecule has 1 saturated heterocycles. The Balaban J connectivity index is 1.81. The number of piperidine rings is 1. The Morgan fingerprint density at radius 1 is 1.37 bits per heavy atom. The van der Waals surface area contributed by atoms with E-state index in [-0.39, 0.29) is 5.41 Å². The van der Waals surface area contributed by atoms with Crippen molar-refractivity contribution in [1.82, 2.24) is 14.9 Å².